The highest BCUT2D eigenvalue weighted by molar-refractivity contribution is 6.34. The van der Waals surface area contributed by atoms with Crippen molar-refractivity contribution in [2.24, 2.45) is 5.92 Å². The Kier molecular flexibility index (Phi) is 7.91. The summed E-state index contributed by atoms with van der Waals surface area (Å²) in [6, 6.07) is 4.89. The molecule has 5 nitrogen and oxygen atoms in total. The fourth-order valence-electron chi connectivity index (χ4n) is 1.73. The minimum atomic E-state index is -0.246. The van der Waals surface area contributed by atoms with Crippen molar-refractivity contribution >= 4 is 29.1 Å². The van der Waals surface area contributed by atoms with Crippen molar-refractivity contribution in [2.75, 3.05) is 25.0 Å². The zero-order chi connectivity index (χ0) is 16.5. The van der Waals surface area contributed by atoms with Gasteiger partial charge in [0.25, 0.3) is 5.91 Å². The third-order valence-corrected chi connectivity index (χ3v) is 3.35. The predicted molar refractivity (Wildman–Crippen MR) is 90.4 cm³/mol. The maximum Gasteiger partial charge on any atom is 0.252 e. The largest absolute Gasteiger partial charge is 0.351 e. The third-order valence-electron chi connectivity index (χ3n) is 3.02. The third kappa shape index (κ3) is 6.03. The Labute approximate surface area is 136 Å². The van der Waals surface area contributed by atoms with Crippen molar-refractivity contribution in [2.45, 2.75) is 27.2 Å². The van der Waals surface area contributed by atoms with Gasteiger partial charge in [0.15, 0.2) is 0 Å². The minimum Gasteiger partial charge on any atom is -0.351 e. The number of carbonyl (C=O) groups excluding carboxylic acids is 2. The molecule has 0 radical (unpaired) electrons. The number of anilines is 1. The summed E-state index contributed by atoms with van der Waals surface area (Å²) in [6.45, 7) is 7.86. The average molecular weight is 326 g/mol. The molecule has 0 aromatic heterocycles. The molecule has 0 bridgehead atoms. The lowest BCUT2D eigenvalue weighted by molar-refractivity contribution is -0.118. The molecule has 6 heteroatoms. The van der Waals surface area contributed by atoms with E-state index in [4.69, 9.17) is 11.6 Å². The number of benzene rings is 1. The van der Waals surface area contributed by atoms with Crippen molar-refractivity contribution in [1.82, 2.24) is 10.6 Å². The molecule has 1 aromatic rings. The van der Waals surface area contributed by atoms with Gasteiger partial charge < -0.3 is 16.0 Å². The molecular formula is C16H24ClN3O2. The van der Waals surface area contributed by atoms with Crippen LogP contribution in [0.15, 0.2) is 18.2 Å². The van der Waals surface area contributed by atoms with E-state index in [1.54, 1.807) is 18.2 Å². The van der Waals surface area contributed by atoms with Gasteiger partial charge in [-0.2, -0.15) is 0 Å². The van der Waals surface area contributed by atoms with E-state index in [-0.39, 0.29) is 17.7 Å². The first-order chi connectivity index (χ1) is 10.5. The molecule has 0 saturated carbocycles. The van der Waals surface area contributed by atoms with E-state index in [1.807, 2.05) is 13.8 Å². The average Bonchev–Trinajstić information content (AvgIpc) is 2.48. The van der Waals surface area contributed by atoms with Crippen LogP contribution in [0.1, 0.15) is 37.6 Å². The number of amides is 2. The Hall–Kier alpha value is -1.59. The quantitative estimate of drug-likeness (QED) is 0.644. The van der Waals surface area contributed by atoms with Gasteiger partial charge in [-0.3, -0.25) is 9.59 Å². The fraction of sp³-hybridized carbons (Fsp3) is 0.500. The van der Waals surface area contributed by atoms with Crippen LogP contribution in [0.25, 0.3) is 0 Å². The van der Waals surface area contributed by atoms with Gasteiger partial charge in [-0.15, -0.1) is 0 Å². The van der Waals surface area contributed by atoms with Crippen molar-refractivity contribution in [3.05, 3.63) is 28.8 Å². The van der Waals surface area contributed by atoms with Crippen LogP contribution in [0.4, 0.5) is 5.69 Å². The summed E-state index contributed by atoms with van der Waals surface area (Å²) < 4.78 is 0. The molecule has 0 heterocycles. The first-order valence-electron chi connectivity index (χ1n) is 7.55. The van der Waals surface area contributed by atoms with Gasteiger partial charge in [-0.1, -0.05) is 32.4 Å². The standard InChI is InChI=1S/C16H24ClN3O2/c1-4-7-18-8-9-19-16(22)13-10-12(5-6-14(13)17)20-15(21)11(2)3/h5-6,10-11,18H,4,7-9H2,1-3H3,(H,19,22)(H,20,21). The van der Waals surface area contributed by atoms with E-state index in [0.717, 1.165) is 13.0 Å². The topological polar surface area (TPSA) is 70.2 Å². The number of halogens is 1. The Morgan fingerprint density at radius 1 is 1.18 bits per heavy atom. The van der Waals surface area contributed by atoms with Gasteiger partial charge in [0, 0.05) is 24.7 Å². The van der Waals surface area contributed by atoms with Gasteiger partial charge in [0.2, 0.25) is 5.91 Å². The highest BCUT2D eigenvalue weighted by Crippen LogP contribution is 2.21. The van der Waals surface area contributed by atoms with E-state index in [2.05, 4.69) is 22.9 Å². The van der Waals surface area contributed by atoms with Gasteiger partial charge in [0.05, 0.1) is 10.6 Å². The maximum atomic E-state index is 12.1. The lowest BCUT2D eigenvalue weighted by Crippen LogP contribution is -2.32. The molecule has 122 valence electrons. The lowest BCUT2D eigenvalue weighted by atomic mass is 10.1. The molecule has 0 aliphatic heterocycles. The minimum absolute atomic E-state index is 0.0996. The predicted octanol–water partition coefficient (Wildman–Crippen LogP) is 2.66. The van der Waals surface area contributed by atoms with Crippen LogP contribution < -0.4 is 16.0 Å². The van der Waals surface area contributed by atoms with E-state index < -0.39 is 0 Å². The van der Waals surface area contributed by atoms with Crippen LogP contribution in [0.3, 0.4) is 0 Å². The second kappa shape index (κ2) is 9.43. The van der Waals surface area contributed by atoms with Crippen LogP contribution >= 0.6 is 11.6 Å². The summed E-state index contributed by atoms with van der Waals surface area (Å²) in [5, 5.41) is 9.13. The second-order valence-corrected chi connectivity index (χ2v) is 5.75. The van der Waals surface area contributed by atoms with Crippen molar-refractivity contribution in [3.63, 3.8) is 0 Å². The smallest absolute Gasteiger partial charge is 0.252 e. The van der Waals surface area contributed by atoms with Crippen LogP contribution in [-0.2, 0) is 4.79 Å². The summed E-state index contributed by atoms with van der Waals surface area (Å²) in [6.07, 6.45) is 1.05. The zero-order valence-corrected chi connectivity index (χ0v) is 14.1. The number of nitrogens with one attached hydrogen (secondary N) is 3. The number of rotatable bonds is 8. The Morgan fingerprint density at radius 3 is 2.55 bits per heavy atom. The molecule has 0 spiro atoms. The lowest BCUT2D eigenvalue weighted by Gasteiger charge is -2.11. The SMILES string of the molecule is CCCNCCNC(=O)c1cc(NC(=O)C(C)C)ccc1Cl. The van der Waals surface area contributed by atoms with E-state index >= 15 is 0 Å². The molecule has 0 saturated heterocycles. The van der Waals surface area contributed by atoms with Gasteiger partial charge in [-0.05, 0) is 31.2 Å². The molecular weight excluding hydrogens is 302 g/mol. The fourth-order valence-corrected chi connectivity index (χ4v) is 1.93. The van der Waals surface area contributed by atoms with Crippen LogP contribution in [0.5, 0.6) is 0 Å². The van der Waals surface area contributed by atoms with Crippen LogP contribution in [0.2, 0.25) is 5.02 Å². The summed E-state index contributed by atoms with van der Waals surface area (Å²) in [4.78, 5) is 23.8. The Bertz CT molecular complexity index is 518. The monoisotopic (exact) mass is 325 g/mol. The van der Waals surface area contributed by atoms with Crippen molar-refractivity contribution in [3.8, 4) is 0 Å². The van der Waals surface area contributed by atoms with Crippen LogP contribution in [-0.4, -0.2) is 31.4 Å². The molecule has 1 rings (SSSR count). The van der Waals surface area contributed by atoms with E-state index in [0.29, 0.717) is 29.4 Å². The second-order valence-electron chi connectivity index (χ2n) is 5.34. The molecule has 0 unspecified atom stereocenters. The van der Waals surface area contributed by atoms with E-state index in [9.17, 15) is 9.59 Å². The molecule has 0 aliphatic rings. The van der Waals surface area contributed by atoms with E-state index in [1.165, 1.54) is 0 Å². The van der Waals surface area contributed by atoms with Gasteiger partial charge in [-0.25, -0.2) is 0 Å². The highest BCUT2D eigenvalue weighted by Gasteiger charge is 2.13. The van der Waals surface area contributed by atoms with Crippen molar-refractivity contribution in [1.29, 1.82) is 0 Å². The molecule has 1 aromatic carbocycles. The summed E-state index contributed by atoms with van der Waals surface area (Å²) in [7, 11) is 0. The highest BCUT2D eigenvalue weighted by atomic mass is 35.5. The number of carbonyl (C=O) groups is 2. The Morgan fingerprint density at radius 2 is 1.91 bits per heavy atom. The number of hydrogen-bond acceptors (Lipinski definition) is 3. The first kappa shape index (κ1) is 18.5. The molecule has 22 heavy (non-hydrogen) atoms. The molecule has 2 amide bonds. The van der Waals surface area contributed by atoms with Gasteiger partial charge in [0.1, 0.15) is 0 Å². The summed E-state index contributed by atoms with van der Waals surface area (Å²) in [5.41, 5.74) is 0.927. The van der Waals surface area contributed by atoms with Gasteiger partial charge >= 0.3 is 0 Å². The number of hydrogen-bond donors (Lipinski definition) is 3. The molecule has 3 N–H and O–H groups in total. The van der Waals surface area contributed by atoms with Crippen molar-refractivity contribution < 1.29 is 9.59 Å². The molecule has 0 atom stereocenters. The molecule has 0 fully saturated rings. The summed E-state index contributed by atoms with van der Waals surface area (Å²) >= 11 is 6.06. The molecule has 0 aliphatic carbocycles. The first-order valence-corrected chi connectivity index (χ1v) is 7.92. The normalized spacial score (nSPS) is 10.6. The Balaban J connectivity index is 2.64. The van der Waals surface area contributed by atoms with Crippen LogP contribution in [0, 0.1) is 5.92 Å². The zero-order valence-electron chi connectivity index (χ0n) is 13.3. The maximum absolute atomic E-state index is 12.1. The summed E-state index contributed by atoms with van der Waals surface area (Å²) in [5.74, 6) is -0.473.